The zero-order chi connectivity index (χ0) is 14.3. The van der Waals surface area contributed by atoms with Crippen LogP contribution in [0.5, 0.6) is 0 Å². The van der Waals surface area contributed by atoms with Gasteiger partial charge in [-0.3, -0.25) is 4.79 Å². The quantitative estimate of drug-likeness (QED) is 0.791. The minimum Gasteiger partial charge on any atom is -0.481 e. The largest absolute Gasteiger partial charge is 0.481 e. The van der Waals surface area contributed by atoms with Gasteiger partial charge in [-0.05, 0) is 6.07 Å². The second kappa shape index (κ2) is 4.97. The molecule has 3 rings (SSSR count). The van der Waals surface area contributed by atoms with Gasteiger partial charge in [0.1, 0.15) is 16.7 Å². The number of hydrogen-bond donors (Lipinski definition) is 1. The van der Waals surface area contributed by atoms with E-state index in [1.54, 1.807) is 0 Å². The predicted octanol–water partition coefficient (Wildman–Crippen LogP) is 2.21. The van der Waals surface area contributed by atoms with E-state index in [0.29, 0.717) is 32.5 Å². The Kier molecular flexibility index (Phi) is 3.28. The molecular weight excluding hydrogens is 325 g/mol. The molecule has 0 aliphatic rings. The first kappa shape index (κ1) is 13.2. The third kappa shape index (κ3) is 2.11. The zero-order valence-electron chi connectivity index (χ0n) is 9.62. The van der Waals surface area contributed by atoms with Crippen LogP contribution in [-0.4, -0.2) is 34.8 Å². The second-order valence-electron chi connectivity index (χ2n) is 3.86. The molecule has 2 heterocycles. The molecule has 0 amide bonds. The number of rotatable bonds is 3. The highest BCUT2D eigenvalue weighted by Gasteiger charge is 2.19. The Morgan fingerprint density at radius 3 is 2.80 bits per heavy atom. The summed E-state index contributed by atoms with van der Waals surface area (Å²) in [4.78, 5) is 10.9. The van der Waals surface area contributed by atoms with Gasteiger partial charge in [0, 0.05) is 0 Å². The lowest BCUT2D eigenvalue weighted by Gasteiger charge is -2.08. The molecule has 10 heteroatoms. The molecule has 0 aliphatic carbocycles. The Morgan fingerprint density at radius 1 is 1.30 bits per heavy atom. The van der Waals surface area contributed by atoms with Crippen LogP contribution < -0.4 is 0 Å². The first-order chi connectivity index (χ1) is 9.58. The van der Waals surface area contributed by atoms with Crippen molar-refractivity contribution < 1.29 is 9.90 Å². The molecule has 1 N–H and O–H groups in total. The van der Waals surface area contributed by atoms with Crippen LogP contribution in [0.15, 0.2) is 12.3 Å². The first-order valence-corrected chi connectivity index (χ1v) is 6.78. The van der Waals surface area contributed by atoms with Crippen LogP contribution in [0.2, 0.25) is 10.0 Å². The summed E-state index contributed by atoms with van der Waals surface area (Å²) in [6, 6.07) is 1.52. The number of aliphatic carboxylic acids is 1. The number of aromatic nitrogens is 5. The number of halogens is 2. The van der Waals surface area contributed by atoms with E-state index in [0.717, 1.165) is 11.7 Å². The van der Waals surface area contributed by atoms with Crippen LogP contribution in [0.3, 0.4) is 0 Å². The SMILES string of the molecule is O=C(O)Cc1cnnn1-c1c(Cl)cc(Cl)c2nsnc12. The number of carboxylic acids is 1. The van der Waals surface area contributed by atoms with E-state index in [2.05, 4.69) is 19.1 Å². The van der Waals surface area contributed by atoms with Crippen LogP contribution >= 0.6 is 34.9 Å². The Bertz CT molecular complexity index is 815. The van der Waals surface area contributed by atoms with Crippen LogP contribution in [0.4, 0.5) is 0 Å². The Hall–Kier alpha value is -1.77. The molecule has 0 fully saturated rings. The summed E-state index contributed by atoms with van der Waals surface area (Å²) in [6.07, 6.45) is 1.13. The van der Waals surface area contributed by atoms with Gasteiger partial charge in [0.25, 0.3) is 0 Å². The summed E-state index contributed by atoms with van der Waals surface area (Å²) in [5.74, 6) is -0.994. The number of carbonyl (C=O) groups is 1. The fourth-order valence-electron chi connectivity index (χ4n) is 1.78. The van der Waals surface area contributed by atoms with Crippen molar-refractivity contribution in [2.45, 2.75) is 6.42 Å². The van der Waals surface area contributed by atoms with Gasteiger partial charge in [0.05, 0.1) is 40.1 Å². The Morgan fingerprint density at radius 2 is 2.05 bits per heavy atom. The van der Waals surface area contributed by atoms with Crippen LogP contribution in [-0.2, 0) is 11.2 Å². The summed E-state index contributed by atoms with van der Waals surface area (Å²) in [5, 5.41) is 17.2. The summed E-state index contributed by atoms with van der Waals surface area (Å²) in [7, 11) is 0. The lowest BCUT2D eigenvalue weighted by atomic mass is 10.2. The third-order valence-corrected chi connectivity index (χ3v) is 3.69. The van der Waals surface area contributed by atoms with Crippen LogP contribution in [0.25, 0.3) is 16.7 Å². The van der Waals surface area contributed by atoms with E-state index < -0.39 is 5.97 Å². The van der Waals surface area contributed by atoms with Gasteiger partial charge in [-0.15, -0.1) is 5.10 Å². The average Bonchev–Trinajstić information content (AvgIpc) is 2.98. The number of benzene rings is 1. The standard InChI is InChI=1S/C10H5Cl2N5O2S/c11-5-2-6(12)10(9-8(5)14-20-15-9)17-4(1-7(18)19)3-13-16-17/h2-3H,1H2,(H,18,19). The zero-order valence-corrected chi connectivity index (χ0v) is 11.9. The maximum atomic E-state index is 10.9. The Labute approximate surface area is 126 Å². The highest BCUT2D eigenvalue weighted by atomic mass is 35.5. The monoisotopic (exact) mass is 329 g/mol. The van der Waals surface area contributed by atoms with E-state index >= 15 is 0 Å². The number of fused-ring (bicyclic) bond motifs is 1. The Balaban J connectivity index is 2.27. The van der Waals surface area contributed by atoms with Crippen molar-refractivity contribution in [3.05, 3.63) is 28.0 Å². The van der Waals surface area contributed by atoms with Gasteiger partial charge in [0.2, 0.25) is 0 Å². The van der Waals surface area contributed by atoms with E-state index in [4.69, 9.17) is 28.3 Å². The normalized spacial score (nSPS) is 11.1. The summed E-state index contributed by atoms with van der Waals surface area (Å²) >= 11 is 13.2. The minimum absolute atomic E-state index is 0.231. The number of nitrogens with zero attached hydrogens (tertiary/aromatic N) is 5. The molecule has 0 bridgehead atoms. The molecule has 1 aromatic carbocycles. The smallest absolute Gasteiger partial charge is 0.309 e. The van der Waals surface area contributed by atoms with Crippen molar-refractivity contribution in [1.29, 1.82) is 0 Å². The highest BCUT2D eigenvalue weighted by Crippen LogP contribution is 2.34. The molecule has 0 spiro atoms. The third-order valence-electron chi connectivity index (χ3n) is 2.58. The van der Waals surface area contributed by atoms with E-state index in [9.17, 15) is 4.79 Å². The van der Waals surface area contributed by atoms with Crippen LogP contribution in [0, 0.1) is 0 Å². The summed E-state index contributed by atoms with van der Waals surface area (Å²) in [5.41, 5.74) is 1.77. The summed E-state index contributed by atoms with van der Waals surface area (Å²) in [6.45, 7) is 0. The van der Waals surface area contributed by atoms with Gasteiger partial charge in [-0.2, -0.15) is 8.75 Å². The molecule has 0 saturated heterocycles. The highest BCUT2D eigenvalue weighted by molar-refractivity contribution is 7.00. The number of carboxylic acid groups (broad SMARTS) is 1. The topological polar surface area (TPSA) is 93.8 Å². The van der Waals surface area contributed by atoms with Crippen LogP contribution in [0.1, 0.15) is 5.69 Å². The molecule has 0 aliphatic heterocycles. The van der Waals surface area contributed by atoms with E-state index in [1.807, 2.05) is 0 Å². The van der Waals surface area contributed by atoms with Crippen molar-refractivity contribution in [2.24, 2.45) is 0 Å². The molecule has 0 atom stereocenters. The van der Waals surface area contributed by atoms with Crippen molar-refractivity contribution in [1.82, 2.24) is 23.7 Å². The van der Waals surface area contributed by atoms with E-state index in [-0.39, 0.29) is 6.42 Å². The molecule has 20 heavy (non-hydrogen) atoms. The molecule has 0 radical (unpaired) electrons. The van der Waals surface area contributed by atoms with Gasteiger partial charge in [0.15, 0.2) is 0 Å². The van der Waals surface area contributed by atoms with Gasteiger partial charge in [-0.25, -0.2) is 4.68 Å². The minimum atomic E-state index is -0.994. The van der Waals surface area contributed by atoms with Crippen molar-refractivity contribution in [3.8, 4) is 5.69 Å². The molecule has 102 valence electrons. The number of hydrogen-bond acceptors (Lipinski definition) is 6. The predicted molar refractivity (Wildman–Crippen MR) is 73.7 cm³/mol. The fraction of sp³-hybridized carbons (Fsp3) is 0.100. The second-order valence-corrected chi connectivity index (χ2v) is 5.20. The first-order valence-electron chi connectivity index (χ1n) is 5.30. The maximum Gasteiger partial charge on any atom is 0.309 e. The van der Waals surface area contributed by atoms with Gasteiger partial charge in [-0.1, -0.05) is 28.4 Å². The molecule has 2 aromatic heterocycles. The lowest BCUT2D eigenvalue weighted by molar-refractivity contribution is -0.136. The van der Waals surface area contributed by atoms with Crippen molar-refractivity contribution in [2.75, 3.05) is 0 Å². The van der Waals surface area contributed by atoms with E-state index in [1.165, 1.54) is 16.9 Å². The van der Waals surface area contributed by atoms with Gasteiger partial charge < -0.3 is 5.11 Å². The molecule has 0 unspecified atom stereocenters. The molecular formula is C10H5Cl2N5O2S. The molecule has 7 nitrogen and oxygen atoms in total. The lowest BCUT2D eigenvalue weighted by Crippen LogP contribution is -2.09. The average molecular weight is 330 g/mol. The molecule has 0 saturated carbocycles. The summed E-state index contributed by atoms with van der Waals surface area (Å²) < 4.78 is 9.57. The van der Waals surface area contributed by atoms with Crippen molar-refractivity contribution >= 4 is 51.9 Å². The fourth-order valence-corrected chi connectivity index (χ4v) is 2.97. The molecule has 3 aromatic rings. The van der Waals surface area contributed by atoms with Gasteiger partial charge >= 0.3 is 5.97 Å². The van der Waals surface area contributed by atoms with Crippen molar-refractivity contribution in [3.63, 3.8) is 0 Å². The maximum absolute atomic E-state index is 10.9.